The third-order valence-electron chi connectivity index (χ3n) is 1.84. The molecular weight excluding hydrogens is 212 g/mol. The Morgan fingerprint density at radius 2 is 2.19 bits per heavy atom. The van der Waals surface area contributed by atoms with Gasteiger partial charge < -0.3 is 19.0 Å². The molecule has 0 atom stereocenters. The topological polar surface area (TPSA) is 68.9 Å². The van der Waals surface area contributed by atoms with Crippen molar-refractivity contribution < 1.29 is 19.0 Å². The minimum absolute atomic E-state index is 0.136. The zero-order valence-electron chi connectivity index (χ0n) is 9.27. The minimum Gasteiger partial charge on any atom is -0.484 e. The van der Waals surface area contributed by atoms with Crippen LogP contribution >= 0.6 is 0 Å². The van der Waals surface area contributed by atoms with Gasteiger partial charge in [0.2, 0.25) is 11.2 Å². The van der Waals surface area contributed by atoms with Crippen LogP contribution in [0.25, 0.3) is 0 Å². The standard InChI is InChI=1S/C11H16O5/c1-2-3-14-4-5-15-11-8-16-9(7-12)6-10(11)13/h6,8,12H,2-5,7H2,1H3. The van der Waals surface area contributed by atoms with Crippen LogP contribution < -0.4 is 10.2 Å². The van der Waals surface area contributed by atoms with Gasteiger partial charge in [-0.2, -0.15) is 0 Å². The lowest BCUT2D eigenvalue weighted by atomic mass is 10.4. The first-order valence-corrected chi connectivity index (χ1v) is 5.21. The molecule has 1 heterocycles. The van der Waals surface area contributed by atoms with Crippen LogP contribution in [0.3, 0.4) is 0 Å². The van der Waals surface area contributed by atoms with Crippen molar-refractivity contribution in [3.63, 3.8) is 0 Å². The van der Waals surface area contributed by atoms with Gasteiger partial charge in [0.15, 0.2) is 0 Å². The third-order valence-corrected chi connectivity index (χ3v) is 1.84. The molecule has 16 heavy (non-hydrogen) atoms. The molecule has 0 aromatic carbocycles. The van der Waals surface area contributed by atoms with Crippen LogP contribution in [-0.2, 0) is 11.3 Å². The highest BCUT2D eigenvalue weighted by Crippen LogP contribution is 2.05. The monoisotopic (exact) mass is 228 g/mol. The largest absolute Gasteiger partial charge is 0.484 e. The average molecular weight is 228 g/mol. The fourth-order valence-electron chi connectivity index (χ4n) is 1.08. The van der Waals surface area contributed by atoms with Crippen molar-refractivity contribution in [3.8, 4) is 5.75 Å². The Morgan fingerprint density at radius 1 is 1.38 bits per heavy atom. The maximum atomic E-state index is 11.4. The fraction of sp³-hybridized carbons (Fsp3) is 0.545. The van der Waals surface area contributed by atoms with E-state index in [1.807, 2.05) is 6.92 Å². The summed E-state index contributed by atoms with van der Waals surface area (Å²) in [6, 6.07) is 1.21. The van der Waals surface area contributed by atoms with Crippen molar-refractivity contribution >= 4 is 0 Å². The van der Waals surface area contributed by atoms with Gasteiger partial charge >= 0.3 is 0 Å². The van der Waals surface area contributed by atoms with Crippen LogP contribution in [-0.4, -0.2) is 24.9 Å². The molecule has 0 fully saturated rings. The molecule has 1 rings (SSSR count). The third kappa shape index (κ3) is 4.04. The number of ether oxygens (including phenoxy) is 2. The molecule has 0 aliphatic carbocycles. The molecule has 0 aliphatic heterocycles. The Morgan fingerprint density at radius 3 is 2.81 bits per heavy atom. The molecule has 5 nitrogen and oxygen atoms in total. The molecular formula is C11H16O5. The van der Waals surface area contributed by atoms with Crippen LogP contribution in [0.1, 0.15) is 19.1 Å². The molecule has 0 radical (unpaired) electrons. The summed E-state index contributed by atoms with van der Waals surface area (Å²) in [5.41, 5.74) is -0.300. The molecule has 0 saturated heterocycles. The summed E-state index contributed by atoms with van der Waals surface area (Å²) in [6.45, 7) is 3.15. The Bertz CT molecular complexity index is 358. The SMILES string of the molecule is CCCOCCOc1coc(CO)cc1=O. The molecule has 0 saturated carbocycles. The lowest BCUT2D eigenvalue weighted by Gasteiger charge is -2.05. The lowest BCUT2D eigenvalue weighted by Crippen LogP contribution is -2.12. The van der Waals surface area contributed by atoms with Crippen LogP contribution in [0.5, 0.6) is 5.75 Å². The molecule has 1 N–H and O–H groups in total. The molecule has 0 spiro atoms. The van der Waals surface area contributed by atoms with Gasteiger partial charge in [-0.3, -0.25) is 4.79 Å². The predicted molar refractivity (Wildman–Crippen MR) is 57.5 cm³/mol. The maximum absolute atomic E-state index is 11.4. The number of hydrogen-bond donors (Lipinski definition) is 1. The first-order chi connectivity index (χ1) is 7.77. The van der Waals surface area contributed by atoms with Gasteiger partial charge in [-0.1, -0.05) is 6.92 Å². The number of rotatable bonds is 7. The van der Waals surface area contributed by atoms with Gasteiger partial charge in [0.1, 0.15) is 25.2 Å². The average Bonchev–Trinajstić information content (AvgIpc) is 2.30. The van der Waals surface area contributed by atoms with E-state index in [4.69, 9.17) is 19.0 Å². The molecule has 0 aliphatic rings. The highest BCUT2D eigenvalue weighted by Gasteiger charge is 2.03. The summed E-state index contributed by atoms with van der Waals surface area (Å²) in [4.78, 5) is 11.4. The first kappa shape index (κ1) is 12.7. The molecule has 0 amide bonds. The molecule has 1 aromatic heterocycles. The number of hydrogen-bond acceptors (Lipinski definition) is 5. The van der Waals surface area contributed by atoms with Gasteiger partial charge in [0.05, 0.1) is 6.61 Å². The number of aliphatic hydroxyl groups excluding tert-OH is 1. The van der Waals surface area contributed by atoms with Crippen molar-refractivity contribution in [1.29, 1.82) is 0 Å². The van der Waals surface area contributed by atoms with E-state index in [1.165, 1.54) is 12.3 Å². The smallest absolute Gasteiger partial charge is 0.227 e. The first-order valence-electron chi connectivity index (χ1n) is 5.21. The Kier molecular flexibility index (Phi) is 5.60. The van der Waals surface area contributed by atoms with E-state index in [0.29, 0.717) is 19.8 Å². The lowest BCUT2D eigenvalue weighted by molar-refractivity contribution is 0.0991. The molecule has 1 aromatic rings. The summed E-state index contributed by atoms with van der Waals surface area (Å²) in [5, 5.41) is 8.73. The van der Waals surface area contributed by atoms with Gasteiger partial charge in [0, 0.05) is 12.7 Å². The Balaban J connectivity index is 2.39. The normalized spacial score (nSPS) is 10.4. The quantitative estimate of drug-likeness (QED) is 0.703. The zero-order chi connectivity index (χ0) is 11.8. The summed E-state index contributed by atoms with van der Waals surface area (Å²) >= 11 is 0. The van der Waals surface area contributed by atoms with Crippen molar-refractivity contribution in [2.45, 2.75) is 20.0 Å². The van der Waals surface area contributed by atoms with E-state index < -0.39 is 0 Å². The zero-order valence-corrected chi connectivity index (χ0v) is 9.27. The predicted octanol–water partition coefficient (Wildman–Crippen LogP) is 0.937. The van der Waals surface area contributed by atoms with Gasteiger partial charge in [-0.05, 0) is 6.42 Å². The fourth-order valence-corrected chi connectivity index (χ4v) is 1.08. The van der Waals surface area contributed by atoms with Crippen LogP contribution in [0, 0.1) is 0 Å². The van der Waals surface area contributed by atoms with E-state index in [9.17, 15) is 4.79 Å². The van der Waals surface area contributed by atoms with Crippen LogP contribution in [0.2, 0.25) is 0 Å². The van der Waals surface area contributed by atoms with Crippen molar-refractivity contribution in [2.75, 3.05) is 19.8 Å². The highest BCUT2D eigenvalue weighted by atomic mass is 16.5. The minimum atomic E-state index is -0.300. The molecule has 5 heteroatoms. The van der Waals surface area contributed by atoms with E-state index in [1.54, 1.807) is 0 Å². The van der Waals surface area contributed by atoms with Crippen LogP contribution in [0.4, 0.5) is 0 Å². The van der Waals surface area contributed by atoms with Gasteiger partial charge in [-0.15, -0.1) is 0 Å². The maximum Gasteiger partial charge on any atom is 0.227 e. The van der Waals surface area contributed by atoms with Gasteiger partial charge in [-0.25, -0.2) is 0 Å². The van der Waals surface area contributed by atoms with Crippen molar-refractivity contribution in [1.82, 2.24) is 0 Å². The van der Waals surface area contributed by atoms with E-state index in [-0.39, 0.29) is 23.5 Å². The second kappa shape index (κ2) is 7.03. The summed E-state index contributed by atoms with van der Waals surface area (Å²) < 4.78 is 15.3. The number of aliphatic hydroxyl groups is 1. The Hall–Kier alpha value is -1.33. The van der Waals surface area contributed by atoms with Crippen molar-refractivity contribution in [2.24, 2.45) is 0 Å². The molecule has 0 unspecified atom stereocenters. The van der Waals surface area contributed by atoms with Crippen molar-refractivity contribution in [3.05, 3.63) is 28.3 Å². The highest BCUT2D eigenvalue weighted by molar-refractivity contribution is 5.17. The van der Waals surface area contributed by atoms with E-state index in [2.05, 4.69) is 0 Å². The van der Waals surface area contributed by atoms with E-state index in [0.717, 1.165) is 6.42 Å². The summed E-state index contributed by atoms with van der Waals surface area (Å²) in [6.07, 6.45) is 2.15. The second-order valence-corrected chi connectivity index (χ2v) is 3.19. The van der Waals surface area contributed by atoms with Crippen LogP contribution in [0.15, 0.2) is 21.5 Å². The Labute approximate surface area is 93.6 Å². The van der Waals surface area contributed by atoms with Gasteiger partial charge in [0.25, 0.3) is 0 Å². The molecule has 0 bridgehead atoms. The summed E-state index contributed by atoms with van der Waals surface area (Å²) in [5.74, 6) is 0.358. The summed E-state index contributed by atoms with van der Waals surface area (Å²) in [7, 11) is 0. The second-order valence-electron chi connectivity index (χ2n) is 3.19. The van der Waals surface area contributed by atoms with E-state index >= 15 is 0 Å². The molecule has 90 valence electrons.